The number of fused-ring (bicyclic) bond motifs is 6. The van der Waals surface area contributed by atoms with Gasteiger partial charge in [0.1, 0.15) is 22.7 Å². The molecule has 0 unspecified atom stereocenters. The van der Waals surface area contributed by atoms with Crippen LogP contribution in [0.4, 0.5) is 11.6 Å². The maximum atomic E-state index is 6.21. The fourth-order valence-electron chi connectivity index (χ4n) is 6.78. The maximum Gasteiger partial charge on any atom is 0.144 e. The van der Waals surface area contributed by atoms with E-state index in [1.165, 1.54) is 0 Å². The summed E-state index contributed by atoms with van der Waals surface area (Å²) in [4.78, 5) is 26.4. The van der Waals surface area contributed by atoms with Crippen molar-refractivity contribution < 1.29 is 5.48 Å². The fourth-order valence-corrected chi connectivity index (χ4v) is 7.11. The van der Waals surface area contributed by atoms with Gasteiger partial charge in [-0.2, -0.15) is 10.2 Å². The van der Waals surface area contributed by atoms with Gasteiger partial charge < -0.3 is 16.1 Å². The smallest absolute Gasteiger partial charge is 0.144 e. The minimum absolute atomic E-state index is 0. The number of rotatable bonds is 10. The molecule has 10 aromatic rings. The average molecular weight is 820 g/mol. The first kappa shape index (κ1) is 38.8. The molecule has 4 aromatic carbocycles. The topological polar surface area (TPSA) is 169 Å². The third kappa shape index (κ3) is 8.62. The number of benzene rings is 4. The third-order valence-corrected chi connectivity index (χ3v) is 9.96. The molecule has 0 spiro atoms. The zero-order valence-corrected chi connectivity index (χ0v) is 32.9. The van der Waals surface area contributed by atoms with Crippen molar-refractivity contribution in [3.63, 3.8) is 0 Å². The van der Waals surface area contributed by atoms with Crippen LogP contribution in [0.25, 0.3) is 55.0 Å². The fraction of sp³-hybridized carbons (Fsp3) is 0.0909. The summed E-state index contributed by atoms with van der Waals surface area (Å²) in [5.74, 6) is 1.49. The minimum Gasteiger partial charge on any atom is -0.412 e. The first-order valence-corrected chi connectivity index (χ1v) is 19.4. The van der Waals surface area contributed by atoms with Crippen molar-refractivity contribution in [2.45, 2.75) is 12.8 Å². The Morgan fingerprint density at radius 3 is 1.36 bits per heavy atom. The van der Waals surface area contributed by atoms with Gasteiger partial charge >= 0.3 is 0 Å². The van der Waals surface area contributed by atoms with Crippen molar-refractivity contribution in [3.8, 4) is 11.4 Å². The van der Waals surface area contributed by atoms with Crippen molar-refractivity contribution >= 4 is 78.4 Å². The van der Waals surface area contributed by atoms with Crippen LogP contribution in [0.3, 0.4) is 0 Å². The lowest BCUT2D eigenvalue weighted by Crippen LogP contribution is -2.07. The summed E-state index contributed by atoms with van der Waals surface area (Å²) in [7, 11) is 0. The van der Waals surface area contributed by atoms with Crippen molar-refractivity contribution in [1.29, 1.82) is 0 Å². The monoisotopic (exact) mass is 818 g/mol. The molecule has 0 fully saturated rings. The molecule has 0 aliphatic carbocycles. The Bertz CT molecular complexity index is 2780. The highest BCUT2D eigenvalue weighted by molar-refractivity contribution is 6.32. The Morgan fingerprint density at radius 2 is 0.949 bits per heavy atom. The average Bonchev–Trinajstić information content (AvgIpc) is 3.92. The number of hydrogen-bond donors (Lipinski definition) is 2. The zero-order valence-electron chi connectivity index (χ0n) is 31.4. The Balaban J connectivity index is 0.000000161. The van der Waals surface area contributed by atoms with Crippen LogP contribution in [0.2, 0.25) is 10.0 Å². The van der Waals surface area contributed by atoms with Gasteiger partial charge in [-0.05, 0) is 60.7 Å². The van der Waals surface area contributed by atoms with Crippen LogP contribution in [0.5, 0.6) is 0 Å². The van der Waals surface area contributed by atoms with Crippen LogP contribution in [0.15, 0.2) is 147 Å². The molecule has 13 nitrogen and oxygen atoms in total. The van der Waals surface area contributed by atoms with Crippen LogP contribution in [-0.2, 0) is 12.8 Å². The maximum absolute atomic E-state index is 6.21. The number of halogens is 2. The molecule has 0 aliphatic heterocycles. The van der Waals surface area contributed by atoms with Gasteiger partial charge in [0.25, 0.3) is 0 Å². The second-order valence-electron chi connectivity index (χ2n) is 13.3. The molecule has 6 aromatic heterocycles. The van der Waals surface area contributed by atoms with Crippen LogP contribution in [-0.4, -0.2) is 68.0 Å². The SMILES string of the molecule is Clc1ccc2c(c1)nc(CCNc1cnccn1)c1cn(-c3ccccc3)nc12.Clc1ccc2c(c1)nc(CCNc1cnccn1)c1cn(-c3ccccc3)nc12.O. The second-order valence-corrected chi connectivity index (χ2v) is 14.2. The summed E-state index contributed by atoms with van der Waals surface area (Å²) in [6.45, 7) is 1.37. The molecule has 0 amide bonds. The largest absolute Gasteiger partial charge is 0.412 e. The van der Waals surface area contributed by atoms with E-state index in [4.69, 9.17) is 43.4 Å². The van der Waals surface area contributed by atoms with E-state index in [-0.39, 0.29) is 5.48 Å². The predicted octanol–water partition coefficient (Wildman–Crippen LogP) is 8.52. The number of nitrogens with zero attached hydrogens (tertiary/aromatic N) is 10. The number of anilines is 2. The second kappa shape index (κ2) is 17.6. The van der Waals surface area contributed by atoms with Crippen molar-refractivity contribution in [1.82, 2.24) is 49.5 Å². The molecule has 6 heterocycles. The number of nitrogens with one attached hydrogen (secondary N) is 2. The van der Waals surface area contributed by atoms with Crippen LogP contribution in [0.1, 0.15) is 11.4 Å². The van der Waals surface area contributed by atoms with E-state index >= 15 is 0 Å². The van der Waals surface area contributed by atoms with Crippen LogP contribution < -0.4 is 10.6 Å². The van der Waals surface area contributed by atoms with E-state index in [2.05, 4.69) is 30.6 Å². The van der Waals surface area contributed by atoms with Gasteiger partial charge in [0.2, 0.25) is 0 Å². The van der Waals surface area contributed by atoms with Crippen molar-refractivity contribution in [3.05, 3.63) is 168 Å². The molecular weight excluding hydrogens is 783 g/mol. The Morgan fingerprint density at radius 1 is 0.508 bits per heavy atom. The predicted molar refractivity (Wildman–Crippen MR) is 235 cm³/mol. The number of hydrogen-bond acceptors (Lipinski definition) is 10. The van der Waals surface area contributed by atoms with Crippen molar-refractivity contribution in [2.24, 2.45) is 0 Å². The lowest BCUT2D eigenvalue weighted by atomic mass is 10.1. The molecular formula is C44H36Cl2N12O. The summed E-state index contributed by atoms with van der Waals surface area (Å²) >= 11 is 12.4. The highest BCUT2D eigenvalue weighted by Crippen LogP contribution is 2.30. The lowest BCUT2D eigenvalue weighted by Gasteiger charge is -2.07. The molecule has 0 saturated carbocycles. The van der Waals surface area contributed by atoms with Gasteiger partial charge in [-0.15, -0.1) is 0 Å². The normalized spacial score (nSPS) is 11.0. The van der Waals surface area contributed by atoms with Gasteiger partial charge in [-0.1, -0.05) is 59.6 Å². The standard InChI is InChI=1S/2C22H17ClN6.H2O/c2*23-15-6-7-17-20(12-15)27-19(8-9-25-21-13-24-10-11-26-21)18-14-29(28-22(17)18)16-4-2-1-3-5-16;/h2*1-7,10-14H,8-9H2,(H,25,26);1H2. The zero-order chi connectivity index (χ0) is 39.3. The van der Waals surface area contributed by atoms with Crippen LogP contribution in [0, 0.1) is 0 Å². The molecule has 0 saturated heterocycles. The quantitative estimate of drug-likeness (QED) is 0.136. The number of aromatic nitrogens is 10. The summed E-state index contributed by atoms with van der Waals surface area (Å²) < 4.78 is 3.81. The van der Waals surface area contributed by atoms with E-state index < -0.39 is 0 Å². The van der Waals surface area contributed by atoms with E-state index in [1.54, 1.807) is 37.2 Å². The van der Waals surface area contributed by atoms with Gasteiger partial charge in [0.15, 0.2) is 0 Å². The van der Waals surface area contributed by atoms with E-state index in [1.807, 2.05) is 119 Å². The van der Waals surface area contributed by atoms with E-state index in [0.29, 0.717) is 23.1 Å². The molecule has 4 N–H and O–H groups in total. The lowest BCUT2D eigenvalue weighted by molar-refractivity contribution is 0.824. The molecule has 59 heavy (non-hydrogen) atoms. The van der Waals surface area contributed by atoms with Crippen LogP contribution >= 0.6 is 23.2 Å². The highest BCUT2D eigenvalue weighted by Gasteiger charge is 2.15. The summed E-state index contributed by atoms with van der Waals surface area (Å²) in [5.41, 5.74) is 7.48. The molecule has 10 rings (SSSR count). The summed E-state index contributed by atoms with van der Waals surface area (Å²) in [6, 6.07) is 31.6. The van der Waals surface area contributed by atoms with Crippen molar-refractivity contribution in [2.75, 3.05) is 23.7 Å². The summed E-state index contributed by atoms with van der Waals surface area (Å²) in [6.07, 6.45) is 15.6. The minimum atomic E-state index is 0. The molecule has 0 radical (unpaired) electrons. The number of para-hydroxylation sites is 2. The highest BCUT2D eigenvalue weighted by atomic mass is 35.5. The first-order valence-electron chi connectivity index (χ1n) is 18.6. The Hall–Kier alpha value is -7.06. The molecule has 15 heteroatoms. The van der Waals surface area contributed by atoms with Gasteiger partial charge in [-0.25, -0.2) is 19.3 Å². The van der Waals surface area contributed by atoms with Gasteiger partial charge in [0.05, 0.1) is 46.2 Å². The number of pyridine rings is 2. The molecule has 0 bridgehead atoms. The van der Waals surface area contributed by atoms with Gasteiger partial charge in [-0.3, -0.25) is 19.9 Å². The molecule has 0 aliphatic rings. The molecule has 0 atom stereocenters. The first-order chi connectivity index (χ1) is 28.6. The van der Waals surface area contributed by atoms with E-state index in [9.17, 15) is 0 Å². The third-order valence-electron chi connectivity index (χ3n) is 9.49. The Kier molecular flexibility index (Phi) is 11.6. The Labute approximate surface area is 348 Å². The summed E-state index contributed by atoms with van der Waals surface area (Å²) in [5, 5.41) is 21.7. The van der Waals surface area contributed by atoms with E-state index in [0.717, 1.165) is 90.9 Å². The molecule has 292 valence electrons. The van der Waals surface area contributed by atoms with Gasteiger partial charge in [0, 0.05) is 94.7 Å².